The van der Waals surface area contributed by atoms with Crippen LogP contribution >= 0.6 is 0 Å². The van der Waals surface area contributed by atoms with Crippen LogP contribution in [0.5, 0.6) is 0 Å². The van der Waals surface area contributed by atoms with E-state index in [1.165, 1.54) is 0 Å². The van der Waals surface area contributed by atoms with Crippen LogP contribution in [-0.4, -0.2) is 33.6 Å². The summed E-state index contributed by atoms with van der Waals surface area (Å²) in [5, 5.41) is 0. The lowest BCUT2D eigenvalue weighted by molar-refractivity contribution is 0.195. The normalized spacial score (nSPS) is 16.4. The number of fused-ring (bicyclic) bond motifs is 1. The van der Waals surface area contributed by atoms with Crippen molar-refractivity contribution < 1.29 is 4.79 Å². The molecule has 2 heterocycles. The van der Waals surface area contributed by atoms with Crippen molar-refractivity contribution in [2.24, 2.45) is 0 Å². The molecule has 0 saturated carbocycles. The van der Waals surface area contributed by atoms with E-state index >= 15 is 0 Å². The topological polar surface area (TPSA) is 38.1 Å². The molecule has 64 valence electrons. The minimum Gasteiger partial charge on any atom is -0.324 e. The molecule has 4 heteroatoms. The zero-order chi connectivity index (χ0) is 8.55. The Morgan fingerprint density at radius 3 is 3.25 bits per heavy atom. The van der Waals surface area contributed by atoms with Gasteiger partial charge in [-0.3, -0.25) is 4.57 Å². The van der Waals surface area contributed by atoms with E-state index in [-0.39, 0.29) is 6.03 Å². The van der Waals surface area contributed by atoms with Crippen LogP contribution in [0.4, 0.5) is 4.79 Å². The molecule has 0 atom stereocenters. The van der Waals surface area contributed by atoms with Gasteiger partial charge < -0.3 is 4.90 Å². The Balaban J connectivity index is 2.35. The third kappa shape index (κ3) is 0.913. The van der Waals surface area contributed by atoms with E-state index in [1.807, 2.05) is 11.8 Å². The van der Waals surface area contributed by atoms with Gasteiger partial charge in [0.25, 0.3) is 0 Å². The predicted molar refractivity (Wildman–Crippen MR) is 44.0 cm³/mol. The van der Waals surface area contributed by atoms with Crippen molar-refractivity contribution >= 4 is 6.03 Å². The number of hydrogen-bond acceptors (Lipinski definition) is 2. The van der Waals surface area contributed by atoms with E-state index in [0.29, 0.717) is 0 Å². The van der Waals surface area contributed by atoms with Gasteiger partial charge in [0, 0.05) is 31.4 Å². The number of aromatic nitrogens is 2. The molecule has 1 aromatic heterocycles. The smallest absolute Gasteiger partial charge is 0.324 e. The lowest BCUT2D eigenvalue weighted by Gasteiger charge is -2.26. The van der Waals surface area contributed by atoms with Crippen molar-refractivity contribution in [2.75, 3.05) is 13.1 Å². The number of hydrogen-bond donors (Lipinski definition) is 0. The Morgan fingerprint density at radius 1 is 1.67 bits per heavy atom. The standard InChI is InChI=1S/C8H11N3O/c1-2-10-4-3-7-5-9-6-11(7)8(10)12/h5-6H,2-4H2,1H3. The molecule has 4 nitrogen and oxygen atoms in total. The van der Waals surface area contributed by atoms with Crippen LogP contribution in [0.1, 0.15) is 12.6 Å². The van der Waals surface area contributed by atoms with E-state index in [0.717, 1.165) is 25.2 Å². The molecule has 1 amide bonds. The molecular formula is C8H11N3O. The molecule has 0 spiro atoms. The van der Waals surface area contributed by atoms with Crippen molar-refractivity contribution in [1.82, 2.24) is 14.5 Å². The highest BCUT2D eigenvalue weighted by molar-refractivity contribution is 5.78. The first-order valence-corrected chi connectivity index (χ1v) is 4.13. The summed E-state index contributed by atoms with van der Waals surface area (Å²) in [5.41, 5.74) is 1.02. The summed E-state index contributed by atoms with van der Waals surface area (Å²) in [4.78, 5) is 17.3. The van der Waals surface area contributed by atoms with E-state index < -0.39 is 0 Å². The van der Waals surface area contributed by atoms with Crippen molar-refractivity contribution in [3.63, 3.8) is 0 Å². The maximum Gasteiger partial charge on any atom is 0.329 e. The van der Waals surface area contributed by atoms with Gasteiger partial charge in [-0.15, -0.1) is 0 Å². The van der Waals surface area contributed by atoms with Gasteiger partial charge in [-0.25, -0.2) is 9.78 Å². The van der Waals surface area contributed by atoms with Crippen molar-refractivity contribution in [3.8, 4) is 0 Å². The van der Waals surface area contributed by atoms with E-state index in [1.54, 1.807) is 17.1 Å². The molecule has 0 aliphatic carbocycles. The Kier molecular flexibility index (Phi) is 1.60. The molecule has 0 saturated heterocycles. The number of carbonyl (C=O) groups is 1. The first-order chi connectivity index (χ1) is 5.83. The highest BCUT2D eigenvalue weighted by atomic mass is 16.2. The highest BCUT2D eigenvalue weighted by Crippen LogP contribution is 2.10. The lowest BCUT2D eigenvalue weighted by Crippen LogP contribution is -2.40. The largest absolute Gasteiger partial charge is 0.329 e. The monoisotopic (exact) mass is 165 g/mol. The van der Waals surface area contributed by atoms with Gasteiger partial charge in [-0.2, -0.15) is 0 Å². The van der Waals surface area contributed by atoms with Crippen LogP contribution in [-0.2, 0) is 6.42 Å². The second-order valence-electron chi connectivity index (χ2n) is 2.87. The molecule has 0 bridgehead atoms. The van der Waals surface area contributed by atoms with Crippen LogP contribution in [0, 0.1) is 0 Å². The fraction of sp³-hybridized carbons (Fsp3) is 0.500. The lowest BCUT2D eigenvalue weighted by atomic mass is 10.2. The molecule has 0 fully saturated rings. The average Bonchev–Trinajstić information content (AvgIpc) is 2.53. The molecule has 1 aliphatic heterocycles. The number of nitrogens with zero attached hydrogens (tertiary/aromatic N) is 3. The quantitative estimate of drug-likeness (QED) is 0.615. The van der Waals surface area contributed by atoms with Gasteiger partial charge in [0.05, 0.1) is 0 Å². The minimum atomic E-state index is 0.0521. The Labute approximate surface area is 70.8 Å². The Hall–Kier alpha value is -1.32. The van der Waals surface area contributed by atoms with E-state index in [2.05, 4.69) is 4.98 Å². The molecule has 1 aliphatic rings. The second-order valence-corrected chi connectivity index (χ2v) is 2.87. The molecule has 0 aromatic carbocycles. The number of likely N-dealkylation sites (N-methyl/N-ethyl adjacent to an activating group) is 1. The predicted octanol–water partition coefficient (Wildman–Crippen LogP) is 0.729. The molecule has 2 rings (SSSR count). The maximum absolute atomic E-state index is 11.6. The summed E-state index contributed by atoms with van der Waals surface area (Å²) in [6.07, 6.45) is 4.25. The van der Waals surface area contributed by atoms with E-state index in [4.69, 9.17) is 0 Å². The highest BCUT2D eigenvalue weighted by Gasteiger charge is 2.21. The minimum absolute atomic E-state index is 0.0521. The zero-order valence-electron chi connectivity index (χ0n) is 7.03. The van der Waals surface area contributed by atoms with Gasteiger partial charge in [-0.05, 0) is 6.92 Å². The summed E-state index contributed by atoms with van der Waals surface area (Å²) < 4.78 is 1.62. The Bertz CT molecular complexity index is 305. The summed E-state index contributed by atoms with van der Waals surface area (Å²) >= 11 is 0. The van der Waals surface area contributed by atoms with Crippen LogP contribution in [0.2, 0.25) is 0 Å². The maximum atomic E-state index is 11.6. The van der Waals surface area contributed by atoms with Gasteiger partial charge in [0.2, 0.25) is 0 Å². The first-order valence-electron chi connectivity index (χ1n) is 4.13. The zero-order valence-corrected chi connectivity index (χ0v) is 7.03. The van der Waals surface area contributed by atoms with Crippen LogP contribution in [0.3, 0.4) is 0 Å². The molecule has 0 unspecified atom stereocenters. The average molecular weight is 165 g/mol. The second kappa shape index (κ2) is 2.62. The van der Waals surface area contributed by atoms with Crippen molar-refractivity contribution in [2.45, 2.75) is 13.3 Å². The summed E-state index contributed by atoms with van der Waals surface area (Å²) in [6, 6.07) is 0.0521. The van der Waals surface area contributed by atoms with Crippen LogP contribution in [0.15, 0.2) is 12.5 Å². The SMILES string of the molecule is CCN1CCc2cncn2C1=O. The van der Waals surface area contributed by atoms with Gasteiger partial charge >= 0.3 is 6.03 Å². The van der Waals surface area contributed by atoms with Gasteiger partial charge in [0.1, 0.15) is 6.33 Å². The number of amides is 1. The molecular weight excluding hydrogens is 154 g/mol. The van der Waals surface area contributed by atoms with Crippen molar-refractivity contribution in [1.29, 1.82) is 0 Å². The van der Waals surface area contributed by atoms with Crippen molar-refractivity contribution in [3.05, 3.63) is 18.2 Å². The summed E-state index contributed by atoms with van der Waals surface area (Å²) in [7, 11) is 0. The van der Waals surface area contributed by atoms with Gasteiger partial charge in [-0.1, -0.05) is 0 Å². The first kappa shape index (κ1) is 7.34. The third-order valence-corrected chi connectivity index (χ3v) is 2.21. The number of carbonyl (C=O) groups excluding carboxylic acids is 1. The number of imidazole rings is 1. The third-order valence-electron chi connectivity index (χ3n) is 2.21. The Morgan fingerprint density at radius 2 is 2.50 bits per heavy atom. The number of rotatable bonds is 1. The molecule has 1 aromatic rings. The van der Waals surface area contributed by atoms with E-state index in [9.17, 15) is 4.79 Å². The molecule has 0 radical (unpaired) electrons. The molecule has 12 heavy (non-hydrogen) atoms. The fourth-order valence-electron chi connectivity index (χ4n) is 1.47. The summed E-state index contributed by atoms with van der Waals surface area (Å²) in [6.45, 7) is 3.58. The molecule has 0 N–H and O–H groups in total. The van der Waals surface area contributed by atoms with Crippen LogP contribution in [0.25, 0.3) is 0 Å². The summed E-state index contributed by atoms with van der Waals surface area (Å²) in [5.74, 6) is 0. The van der Waals surface area contributed by atoms with Crippen LogP contribution < -0.4 is 0 Å². The fourth-order valence-corrected chi connectivity index (χ4v) is 1.47. The van der Waals surface area contributed by atoms with Gasteiger partial charge in [0.15, 0.2) is 0 Å².